The molecule has 1 fully saturated rings. The van der Waals surface area contributed by atoms with E-state index in [4.69, 9.17) is 16.3 Å². The second kappa shape index (κ2) is 8.89. The number of ether oxygens (including phenoxy) is 1. The van der Waals surface area contributed by atoms with Crippen LogP contribution in [-0.4, -0.2) is 66.6 Å². The Bertz CT molecular complexity index is 1210. The first-order valence-electron chi connectivity index (χ1n) is 10.2. The number of rotatable bonds is 5. The number of nitrogens with zero attached hydrogens (tertiary/aromatic N) is 7. The zero-order valence-corrected chi connectivity index (χ0v) is 17.8. The zero-order chi connectivity index (χ0) is 21.9. The first-order valence-corrected chi connectivity index (χ1v) is 10.6. The van der Waals surface area contributed by atoms with Crippen LogP contribution in [0, 0.1) is 0 Å². The molecule has 1 saturated heterocycles. The van der Waals surface area contributed by atoms with E-state index in [0.717, 1.165) is 11.3 Å². The molecule has 3 heterocycles. The van der Waals surface area contributed by atoms with Crippen LogP contribution in [0.5, 0.6) is 0 Å². The molecule has 32 heavy (non-hydrogen) atoms. The summed E-state index contributed by atoms with van der Waals surface area (Å²) in [5.41, 5.74) is 2.86. The van der Waals surface area contributed by atoms with Crippen LogP contribution in [0.25, 0.3) is 11.4 Å². The Balaban J connectivity index is 1.43. The van der Waals surface area contributed by atoms with E-state index in [9.17, 15) is 4.79 Å². The van der Waals surface area contributed by atoms with Crippen molar-refractivity contribution in [3.05, 3.63) is 83.4 Å². The lowest BCUT2D eigenvalue weighted by atomic mass is 10.0. The van der Waals surface area contributed by atoms with Gasteiger partial charge >= 0.3 is 0 Å². The monoisotopic (exact) mass is 449 g/mol. The number of morpholine rings is 1. The molecule has 2 aromatic heterocycles. The Morgan fingerprint density at radius 2 is 1.72 bits per heavy atom. The molecule has 5 rings (SSSR count). The van der Waals surface area contributed by atoms with Gasteiger partial charge in [-0.25, -0.2) is 0 Å². The van der Waals surface area contributed by atoms with Crippen molar-refractivity contribution >= 4 is 17.5 Å². The molecule has 1 unspecified atom stereocenters. The Hall–Kier alpha value is -3.56. The maximum Gasteiger partial charge on any atom is 0.256 e. The van der Waals surface area contributed by atoms with Crippen LogP contribution < -0.4 is 0 Å². The van der Waals surface area contributed by atoms with E-state index in [2.05, 4.69) is 20.4 Å². The predicted molar refractivity (Wildman–Crippen MR) is 117 cm³/mol. The summed E-state index contributed by atoms with van der Waals surface area (Å²) in [5, 5.41) is 17.1. The summed E-state index contributed by atoms with van der Waals surface area (Å²) in [4.78, 5) is 18.4. The molecule has 1 atom stereocenters. The molecule has 1 aliphatic rings. The van der Waals surface area contributed by atoms with E-state index >= 15 is 0 Å². The van der Waals surface area contributed by atoms with Crippen molar-refractivity contribution < 1.29 is 9.53 Å². The molecule has 0 aliphatic carbocycles. The molecule has 0 spiro atoms. The Labute approximate surface area is 189 Å². The third-order valence-electron chi connectivity index (χ3n) is 5.36. The molecular formula is C22H20ClN7O2. The van der Waals surface area contributed by atoms with Gasteiger partial charge in [-0.1, -0.05) is 29.8 Å². The van der Waals surface area contributed by atoms with Crippen molar-refractivity contribution in [3.8, 4) is 11.4 Å². The number of carbonyl (C=O) groups excluding carboxylic acids is 1. The fourth-order valence-corrected chi connectivity index (χ4v) is 4.15. The van der Waals surface area contributed by atoms with Crippen molar-refractivity contribution in [2.75, 3.05) is 19.8 Å². The summed E-state index contributed by atoms with van der Waals surface area (Å²) in [6, 6.07) is 13.1. The van der Waals surface area contributed by atoms with Gasteiger partial charge in [0.05, 0.1) is 60.3 Å². The second-order valence-electron chi connectivity index (χ2n) is 7.37. The van der Waals surface area contributed by atoms with Gasteiger partial charge in [0.2, 0.25) is 0 Å². The van der Waals surface area contributed by atoms with E-state index in [1.807, 2.05) is 29.2 Å². The minimum absolute atomic E-state index is 0.127. The minimum Gasteiger partial charge on any atom is -0.377 e. The third kappa shape index (κ3) is 4.00. The molecule has 4 aromatic rings. The Morgan fingerprint density at radius 1 is 1.00 bits per heavy atom. The van der Waals surface area contributed by atoms with E-state index in [-0.39, 0.29) is 11.9 Å². The standard InChI is InChI=1S/C22H20ClN7O2/c23-20-6-2-5-19(21(20)30-26-9-10-27-30)22(31)28-11-12-32-15-18(28)14-16-3-1-4-17(13-16)29-24-7-8-25-29/h1-10,13,18H,11-12,14-15H2. The van der Waals surface area contributed by atoms with Crippen molar-refractivity contribution in [3.63, 3.8) is 0 Å². The molecule has 0 bridgehead atoms. The quantitative estimate of drug-likeness (QED) is 0.465. The molecule has 162 valence electrons. The highest BCUT2D eigenvalue weighted by atomic mass is 35.5. The summed E-state index contributed by atoms with van der Waals surface area (Å²) in [5.74, 6) is -0.127. The summed E-state index contributed by atoms with van der Waals surface area (Å²) in [6.07, 6.45) is 7.02. The maximum atomic E-state index is 13.6. The van der Waals surface area contributed by atoms with E-state index < -0.39 is 0 Å². The SMILES string of the molecule is O=C(c1cccc(Cl)c1-n1nccn1)N1CCOCC1Cc1cccc(-n2nccn2)c1. The maximum absolute atomic E-state index is 13.6. The lowest BCUT2D eigenvalue weighted by Gasteiger charge is -2.36. The van der Waals surface area contributed by atoms with Crippen LogP contribution in [0.1, 0.15) is 15.9 Å². The number of aromatic nitrogens is 6. The molecule has 1 amide bonds. The molecule has 0 saturated carbocycles. The number of para-hydroxylation sites is 1. The highest BCUT2D eigenvalue weighted by Crippen LogP contribution is 2.26. The summed E-state index contributed by atoms with van der Waals surface area (Å²) < 4.78 is 5.72. The molecule has 0 radical (unpaired) electrons. The smallest absolute Gasteiger partial charge is 0.256 e. The normalized spacial score (nSPS) is 16.3. The van der Waals surface area contributed by atoms with Crippen molar-refractivity contribution in [1.82, 2.24) is 34.9 Å². The molecular weight excluding hydrogens is 430 g/mol. The first kappa shape index (κ1) is 20.3. The largest absolute Gasteiger partial charge is 0.377 e. The van der Waals surface area contributed by atoms with E-state index in [1.165, 1.54) is 4.80 Å². The summed E-state index contributed by atoms with van der Waals surface area (Å²) in [7, 11) is 0. The minimum atomic E-state index is -0.130. The third-order valence-corrected chi connectivity index (χ3v) is 5.66. The number of benzene rings is 2. The first-order chi connectivity index (χ1) is 15.7. The fourth-order valence-electron chi connectivity index (χ4n) is 3.90. The molecule has 1 aliphatic heterocycles. The molecule has 9 nitrogen and oxygen atoms in total. The van der Waals surface area contributed by atoms with Crippen LogP contribution in [0.3, 0.4) is 0 Å². The lowest BCUT2D eigenvalue weighted by Crippen LogP contribution is -2.50. The van der Waals surface area contributed by atoms with E-state index in [1.54, 1.807) is 47.8 Å². The zero-order valence-electron chi connectivity index (χ0n) is 17.1. The van der Waals surface area contributed by atoms with Crippen molar-refractivity contribution in [2.24, 2.45) is 0 Å². The van der Waals surface area contributed by atoms with Gasteiger partial charge in [-0.2, -0.15) is 25.2 Å². The number of carbonyl (C=O) groups is 1. The van der Waals surface area contributed by atoms with Crippen LogP contribution in [0.4, 0.5) is 0 Å². The van der Waals surface area contributed by atoms with Gasteiger partial charge in [0.15, 0.2) is 0 Å². The highest BCUT2D eigenvalue weighted by Gasteiger charge is 2.30. The van der Waals surface area contributed by atoms with Crippen molar-refractivity contribution in [1.29, 1.82) is 0 Å². The highest BCUT2D eigenvalue weighted by molar-refractivity contribution is 6.33. The summed E-state index contributed by atoms with van der Waals surface area (Å²) in [6.45, 7) is 1.42. The average Bonchev–Trinajstić information content (AvgIpc) is 3.54. The van der Waals surface area contributed by atoms with Crippen LogP contribution in [0.15, 0.2) is 67.3 Å². The Morgan fingerprint density at radius 3 is 2.50 bits per heavy atom. The number of hydrogen-bond donors (Lipinski definition) is 0. The summed E-state index contributed by atoms with van der Waals surface area (Å²) >= 11 is 6.43. The van der Waals surface area contributed by atoms with Gasteiger partial charge in [-0.05, 0) is 36.2 Å². The molecule has 0 N–H and O–H groups in total. The van der Waals surface area contributed by atoms with Gasteiger partial charge < -0.3 is 9.64 Å². The van der Waals surface area contributed by atoms with Gasteiger partial charge in [0, 0.05) is 6.54 Å². The van der Waals surface area contributed by atoms with Gasteiger partial charge in [-0.3, -0.25) is 4.79 Å². The number of amides is 1. The van der Waals surface area contributed by atoms with Crippen LogP contribution in [0.2, 0.25) is 5.02 Å². The number of hydrogen-bond acceptors (Lipinski definition) is 6. The van der Waals surface area contributed by atoms with Gasteiger partial charge in [-0.15, -0.1) is 4.80 Å². The number of halogens is 1. The molecule has 2 aromatic carbocycles. The molecule has 10 heteroatoms. The second-order valence-corrected chi connectivity index (χ2v) is 7.78. The predicted octanol–water partition coefficient (Wildman–Crippen LogP) is 2.59. The van der Waals surface area contributed by atoms with E-state index in [0.29, 0.717) is 42.5 Å². The average molecular weight is 450 g/mol. The Kier molecular flexibility index (Phi) is 5.66. The topological polar surface area (TPSA) is 91.0 Å². The fraction of sp³-hybridized carbons (Fsp3) is 0.227. The van der Waals surface area contributed by atoms with Crippen LogP contribution in [-0.2, 0) is 11.2 Å². The van der Waals surface area contributed by atoms with Gasteiger partial charge in [0.1, 0.15) is 5.69 Å². The van der Waals surface area contributed by atoms with Crippen molar-refractivity contribution in [2.45, 2.75) is 12.5 Å². The van der Waals surface area contributed by atoms with Gasteiger partial charge in [0.25, 0.3) is 5.91 Å². The lowest BCUT2D eigenvalue weighted by molar-refractivity contribution is -0.00165. The van der Waals surface area contributed by atoms with Crippen LogP contribution >= 0.6 is 11.6 Å².